The number of halogens is 1. The van der Waals surface area contributed by atoms with Crippen LogP contribution in [0.15, 0.2) is 53.0 Å². The van der Waals surface area contributed by atoms with Crippen LogP contribution in [0.25, 0.3) is 0 Å². The fourth-order valence-corrected chi connectivity index (χ4v) is 7.75. The molecule has 1 aromatic rings. The van der Waals surface area contributed by atoms with Crippen molar-refractivity contribution in [3.05, 3.63) is 58.6 Å². The van der Waals surface area contributed by atoms with Crippen LogP contribution in [0.3, 0.4) is 0 Å². The zero-order valence-electron chi connectivity index (χ0n) is 26.2. The van der Waals surface area contributed by atoms with Crippen molar-refractivity contribution in [2.24, 2.45) is 11.8 Å². The van der Waals surface area contributed by atoms with E-state index >= 15 is 0 Å². The number of aliphatic hydroxyl groups is 1. The van der Waals surface area contributed by atoms with Crippen molar-refractivity contribution in [1.29, 1.82) is 0 Å². The minimum Gasteiger partial charge on any atom is -0.455 e. The van der Waals surface area contributed by atoms with Gasteiger partial charge in [-0.3, -0.25) is 19.2 Å². The largest absolute Gasteiger partial charge is 0.455 e. The molecule has 0 aromatic heterocycles. The molecule has 0 saturated carbocycles. The summed E-state index contributed by atoms with van der Waals surface area (Å²) in [6.45, 7) is 6.64. The summed E-state index contributed by atoms with van der Waals surface area (Å²) in [5.74, 6) is -3.27. The number of carbonyl (C=O) groups excluding carboxylic acids is 4. The first-order valence-corrected chi connectivity index (χ1v) is 16.7. The maximum Gasteiger partial charge on any atom is 0.313 e. The third kappa shape index (κ3) is 6.62. The summed E-state index contributed by atoms with van der Waals surface area (Å²) in [5.41, 5.74) is -1.22. The number of cyclic esters (lactones) is 1. The molecule has 10 nitrogen and oxygen atoms in total. The number of amides is 3. The molecule has 0 radical (unpaired) electrons. The normalized spacial score (nSPS) is 31.5. The van der Waals surface area contributed by atoms with Crippen molar-refractivity contribution in [1.82, 2.24) is 15.1 Å². The number of fused-ring (bicyclic) bond motifs is 2. The SMILES string of the molecule is CC(C)(C)N1C/C=C\CCC(=O)NC[C@@H](c2ccccc2)OC(=O)[C@@H]2[C@H]3O[C@@]4(C=C3Br)[C@H](C1=O)N(CCCCCCO)C(=O)[C@@H]24. The van der Waals surface area contributed by atoms with E-state index in [0.29, 0.717) is 35.9 Å². The predicted octanol–water partition coefficient (Wildman–Crippen LogP) is 3.79. The highest BCUT2D eigenvalue weighted by Gasteiger charge is 2.75. The lowest BCUT2D eigenvalue weighted by atomic mass is 9.74. The summed E-state index contributed by atoms with van der Waals surface area (Å²) in [6.07, 6.45) is 7.68. The van der Waals surface area contributed by atoms with E-state index in [-0.39, 0.29) is 43.8 Å². The summed E-state index contributed by atoms with van der Waals surface area (Å²) >= 11 is 3.60. The van der Waals surface area contributed by atoms with Crippen LogP contribution < -0.4 is 5.32 Å². The van der Waals surface area contributed by atoms with Gasteiger partial charge in [-0.15, -0.1) is 0 Å². The summed E-state index contributed by atoms with van der Waals surface area (Å²) in [5, 5.41) is 12.1. The van der Waals surface area contributed by atoms with Crippen LogP contribution in [-0.4, -0.2) is 88.1 Å². The van der Waals surface area contributed by atoms with Gasteiger partial charge in [0.1, 0.15) is 29.8 Å². The molecule has 0 unspecified atom stereocenters. The Labute approximate surface area is 273 Å². The van der Waals surface area contributed by atoms with E-state index in [2.05, 4.69) is 21.2 Å². The van der Waals surface area contributed by atoms with Crippen LogP contribution in [0.5, 0.6) is 0 Å². The number of aliphatic hydroxyl groups excluding tert-OH is 1. The van der Waals surface area contributed by atoms with Crippen LogP contribution in [0, 0.1) is 11.8 Å². The second-order valence-electron chi connectivity index (χ2n) is 13.3. The predicted molar refractivity (Wildman–Crippen MR) is 171 cm³/mol. The molecule has 6 atom stereocenters. The number of unbranched alkanes of at least 4 members (excludes halogenated alkanes) is 3. The Kier molecular flexibility index (Phi) is 10.2. The minimum atomic E-state index is -1.34. The lowest BCUT2D eigenvalue weighted by molar-refractivity contribution is -0.160. The number of likely N-dealkylation sites (tertiary alicyclic amines) is 1. The molecule has 244 valence electrons. The number of esters is 1. The van der Waals surface area contributed by atoms with Crippen molar-refractivity contribution >= 4 is 39.6 Å². The van der Waals surface area contributed by atoms with E-state index < -0.39 is 47.2 Å². The molecule has 2 N–H and O–H groups in total. The van der Waals surface area contributed by atoms with Crippen LogP contribution in [0.4, 0.5) is 0 Å². The quantitative estimate of drug-likeness (QED) is 0.254. The number of hydrogen-bond acceptors (Lipinski definition) is 7. The standard InChI is InChI=1S/C34H44BrN3O7/c1-33(2,3)38-18-12-7-10-16-25(40)36-21-24(22-14-8-6-9-15-22)44-32(43)26-27-30(41)37(17-11-4-5-13-19-39)29(31(38)42)34(27)20-23(35)28(26)45-34/h6-9,12,14-15,20,24,26-29,39H,4-5,10-11,13,16-19,21H2,1-3H3,(H,36,40)/b12-7-/t24-,26-,27+,28-,29-,34+/m0/s1. The fourth-order valence-electron chi connectivity index (χ4n) is 7.02. The Morgan fingerprint density at radius 1 is 1.02 bits per heavy atom. The third-order valence-electron chi connectivity index (χ3n) is 9.22. The first kappa shape index (κ1) is 33.3. The molecule has 2 fully saturated rings. The van der Waals surface area contributed by atoms with Gasteiger partial charge in [-0.25, -0.2) is 0 Å². The van der Waals surface area contributed by atoms with Crippen molar-refractivity contribution in [3.8, 4) is 0 Å². The monoisotopic (exact) mass is 685 g/mol. The summed E-state index contributed by atoms with van der Waals surface area (Å²) in [4.78, 5) is 59.3. The molecule has 1 aromatic carbocycles. The first-order chi connectivity index (χ1) is 21.5. The molecule has 4 aliphatic rings. The number of nitrogens with one attached hydrogen (secondary N) is 1. The van der Waals surface area contributed by atoms with Crippen molar-refractivity contribution in [2.45, 2.75) is 88.7 Å². The first-order valence-electron chi connectivity index (χ1n) is 16.0. The Hall–Kier alpha value is -3.02. The third-order valence-corrected chi connectivity index (χ3v) is 9.90. The molecular weight excluding hydrogens is 642 g/mol. The van der Waals surface area contributed by atoms with Gasteiger partial charge in [0.2, 0.25) is 17.7 Å². The zero-order valence-corrected chi connectivity index (χ0v) is 27.8. The highest BCUT2D eigenvalue weighted by Crippen LogP contribution is 2.59. The van der Waals surface area contributed by atoms with E-state index in [4.69, 9.17) is 9.47 Å². The smallest absolute Gasteiger partial charge is 0.313 e. The van der Waals surface area contributed by atoms with Gasteiger partial charge in [-0.05, 0) is 51.7 Å². The van der Waals surface area contributed by atoms with Gasteiger partial charge in [-0.2, -0.15) is 0 Å². The average molecular weight is 687 g/mol. The van der Waals surface area contributed by atoms with Gasteiger partial charge in [0.05, 0.1) is 12.5 Å². The molecule has 1 spiro atoms. The van der Waals surface area contributed by atoms with Crippen LogP contribution in [-0.2, 0) is 28.7 Å². The Morgan fingerprint density at radius 3 is 2.47 bits per heavy atom. The highest BCUT2D eigenvalue weighted by atomic mass is 79.9. The Bertz CT molecular complexity index is 1340. The van der Waals surface area contributed by atoms with Gasteiger partial charge in [0.15, 0.2) is 0 Å². The van der Waals surface area contributed by atoms with Crippen molar-refractivity contribution in [3.63, 3.8) is 0 Å². The van der Waals surface area contributed by atoms with Crippen molar-refractivity contribution in [2.75, 3.05) is 26.2 Å². The molecule has 5 rings (SSSR count). The Morgan fingerprint density at radius 2 is 1.76 bits per heavy atom. The summed E-state index contributed by atoms with van der Waals surface area (Å²) in [6, 6.07) is 8.22. The fraction of sp³-hybridized carbons (Fsp3) is 0.588. The van der Waals surface area contributed by atoms with Gasteiger partial charge >= 0.3 is 5.97 Å². The van der Waals surface area contributed by atoms with Crippen molar-refractivity contribution < 1.29 is 33.8 Å². The highest BCUT2D eigenvalue weighted by molar-refractivity contribution is 9.11. The molecular formula is C34H44BrN3O7. The lowest BCUT2D eigenvalue weighted by Gasteiger charge is -2.41. The van der Waals surface area contributed by atoms with E-state index in [0.717, 1.165) is 12.8 Å². The van der Waals surface area contributed by atoms with Crippen LogP contribution >= 0.6 is 15.9 Å². The van der Waals surface area contributed by atoms with Gasteiger partial charge in [0, 0.05) is 36.1 Å². The maximum atomic E-state index is 14.7. The van der Waals surface area contributed by atoms with E-state index in [1.54, 1.807) is 9.80 Å². The van der Waals surface area contributed by atoms with Crippen LogP contribution in [0.1, 0.15) is 71.0 Å². The molecule has 2 saturated heterocycles. The number of benzene rings is 1. The number of rotatable bonds is 7. The maximum absolute atomic E-state index is 14.7. The molecule has 4 heterocycles. The minimum absolute atomic E-state index is 0.0796. The molecule has 4 aliphatic heterocycles. The summed E-state index contributed by atoms with van der Waals surface area (Å²) in [7, 11) is 0. The zero-order chi connectivity index (χ0) is 32.4. The topological polar surface area (TPSA) is 125 Å². The second-order valence-corrected chi connectivity index (χ2v) is 14.2. The molecule has 45 heavy (non-hydrogen) atoms. The molecule has 3 amide bonds. The molecule has 5 bridgehead atoms. The van der Waals surface area contributed by atoms with E-state index in [9.17, 15) is 24.3 Å². The number of carbonyl (C=O) groups is 4. The second kappa shape index (κ2) is 13.8. The van der Waals surface area contributed by atoms with Gasteiger partial charge in [0.25, 0.3) is 0 Å². The van der Waals surface area contributed by atoms with Gasteiger partial charge in [-0.1, -0.05) is 71.3 Å². The summed E-state index contributed by atoms with van der Waals surface area (Å²) < 4.78 is 13.3. The number of ether oxygens (including phenoxy) is 2. The molecule has 0 aliphatic carbocycles. The number of allylic oxidation sites excluding steroid dienone is 1. The Balaban J connectivity index is 1.56. The van der Waals surface area contributed by atoms with Crippen LogP contribution in [0.2, 0.25) is 0 Å². The number of nitrogens with zero attached hydrogens (tertiary/aromatic N) is 2. The number of hydrogen-bond donors (Lipinski definition) is 2. The van der Waals surface area contributed by atoms with E-state index in [1.807, 2.05) is 69.3 Å². The average Bonchev–Trinajstić information content (AvgIpc) is 3.59. The van der Waals surface area contributed by atoms with Gasteiger partial charge < -0.3 is 29.7 Å². The lowest BCUT2D eigenvalue weighted by Crippen LogP contribution is -2.59. The van der Waals surface area contributed by atoms with E-state index in [1.165, 1.54) is 0 Å². The molecule has 11 heteroatoms.